The number of rotatable bonds is 3. The maximum Gasteiger partial charge on any atom is 0.337 e. The molecule has 0 aliphatic carbocycles. The summed E-state index contributed by atoms with van der Waals surface area (Å²) in [5.41, 5.74) is 2.60. The second-order valence-electron chi connectivity index (χ2n) is 5.97. The van der Waals surface area contributed by atoms with Gasteiger partial charge in [-0.2, -0.15) is 0 Å². The molecule has 1 aromatic heterocycles. The number of benzene rings is 1. The topological polar surface area (TPSA) is 55.0 Å². The SMILES string of the molecule is COC(=O)c1ccc2nc(CCC(C)(C)C)[nH]c2c1. The van der Waals surface area contributed by atoms with Crippen molar-refractivity contribution in [1.82, 2.24) is 9.97 Å². The highest BCUT2D eigenvalue weighted by Gasteiger charge is 2.13. The highest BCUT2D eigenvalue weighted by molar-refractivity contribution is 5.93. The summed E-state index contributed by atoms with van der Waals surface area (Å²) in [6.07, 6.45) is 1.97. The molecule has 4 nitrogen and oxygen atoms in total. The number of esters is 1. The zero-order chi connectivity index (χ0) is 14.0. The fourth-order valence-corrected chi connectivity index (χ4v) is 1.92. The minimum atomic E-state index is -0.326. The summed E-state index contributed by atoms with van der Waals surface area (Å²) in [4.78, 5) is 19.3. The van der Waals surface area contributed by atoms with Crippen LogP contribution in [0.3, 0.4) is 0 Å². The third kappa shape index (κ3) is 3.34. The third-order valence-electron chi connectivity index (χ3n) is 3.06. The Balaban J connectivity index is 2.23. The lowest BCUT2D eigenvalue weighted by Gasteiger charge is -2.16. The third-order valence-corrected chi connectivity index (χ3v) is 3.06. The van der Waals surface area contributed by atoms with Gasteiger partial charge in [0.2, 0.25) is 0 Å². The number of ether oxygens (including phenoxy) is 1. The molecular weight excluding hydrogens is 240 g/mol. The molecule has 0 saturated heterocycles. The lowest BCUT2D eigenvalue weighted by molar-refractivity contribution is 0.0601. The zero-order valence-electron chi connectivity index (χ0n) is 11.9. The lowest BCUT2D eigenvalue weighted by Crippen LogP contribution is -2.06. The van der Waals surface area contributed by atoms with Gasteiger partial charge in [-0.3, -0.25) is 0 Å². The molecule has 1 N–H and O–H groups in total. The van der Waals surface area contributed by atoms with Crippen LogP contribution in [0.15, 0.2) is 18.2 Å². The normalized spacial score (nSPS) is 11.8. The van der Waals surface area contributed by atoms with Crippen LogP contribution in [0.25, 0.3) is 11.0 Å². The number of H-pyrrole nitrogens is 1. The van der Waals surface area contributed by atoms with Crippen LogP contribution >= 0.6 is 0 Å². The van der Waals surface area contributed by atoms with Crippen LogP contribution in [0.1, 0.15) is 43.4 Å². The Labute approximate surface area is 113 Å². The molecule has 0 unspecified atom stereocenters. The van der Waals surface area contributed by atoms with Crippen molar-refractivity contribution in [3.05, 3.63) is 29.6 Å². The summed E-state index contributed by atoms with van der Waals surface area (Å²) in [6.45, 7) is 6.64. The van der Waals surface area contributed by atoms with Gasteiger partial charge in [0.1, 0.15) is 5.82 Å². The van der Waals surface area contributed by atoms with Crippen LogP contribution in [0.4, 0.5) is 0 Å². The number of carbonyl (C=O) groups is 1. The van der Waals surface area contributed by atoms with Crippen LogP contribution in [-0.4, -0.2) is 23.0 Å². The molecule has 1 heterocycles. The van der Waals surface area contributed by atoms with Gasteiger partial charge >= 0.3 is 5.97 Å². The number of carbonyl (C=O) groups excluding carboxylic acids is 1. The van der Waals surface area contributed by atoms with E-state index in [1.807, 2.05) is 6.07 Å². The molecule has 0 aliphatic heterocycles. The molecule has 1 aromatic carbocycles. The van der Waals surface area contributed by atoms with E-state index in [-0.39, 0.29) is 11.4 Å². The number of nitrogens with one attached hydrogen (secondary N) is 1. The Morgan fingerprint density at radius 3 is 2.74 bits per heavy atom. The molecule has 2 rings (SSSR count). The van der Waals surface area contributed by atoms with E-state index in [2.05, 4.69) is 30.7 Å². The van der Waals surface area contributed by atoms with Crippen molar-refractivity contribution in [3.63, 3.8) is 0 Å². The molecule has 0 aliphatic rings. The van der Waals surface area contributed by atoms with E-state index in [4.69, 9.17) is 4.74 Å². The number of aromatic amines is 1. The molecule has 0 atom stereocenters. The van der Waals surface area contributed by atoms with E-state index in [0.29, 0.717) is 5.56 Å². The fourth-order valence-electron chi connectivity index (χ4n) is 1.92. The predicted octanol–water partition coefficient (Wildman–Crippen LogP) is 3.33. The van der Waals surface area contributed by atoms with Crippen molar-refractivity contribution in [1.29, 1.82) is 0 Å². The number of fused-ring (bicyclic) bond motifs is 1. The summed E-state index contributed by atoms with van der Waals surface area (Å²) in [5.74, 6) is 0.639. The quantitative estimate of drug-likeness (QED) is 0.861. The largest absolute Gasteiger partial charge is 0.465 e. The second-order valence-corrected chi connectivity index (χ2v) is 5.97. The van der Waals surface area contributed by atoms with Crippen molar-refractivity contribution < 1.29 is 9.53 Å². The van der Waals surface area contributed by atoms with Crippen LogP contribution < -0.4 is 0 Å². The Morgan fingerprint density at radius 2 is 2.11 bits per heavy atom. The van der Waals surface area contributed by atoms with Gasteiger partial charge < -0.3 is 9.72 Å². The van der Waals surface area contributed by atoms with E-state index in [0.717, 1.165) is 29.7 Å². The Hall–Kier alpha value is -1.84. The molecule has 0 bridgehead atoms. The molecule has 4 heteroatoms. The smallest absolute Gasteiger partial charge is 0.337 e. The Morgan fingerprint density at radius 1 is 1.37 bits per heavy atom. The summed E-state index contributed by atoms with van der Waals surface area (Å²) in [6, 6.07) is 5.37. The van der Waals surface area contributed by atoms with Crippen LogP contribution in [-0.2, 0) is 11.2 Å². The van der Waals surface area contributed by atoms with Gasteiger partial charge in [0.15, 0.2) is 0 Å². The maximum atomic E-state index is 11.5. The first-order valence-electron chi connectivity index (χ1n) is 6.46. The molecular formula is C15H20N2O2. The monoisotopic (exact) mass is 260 g/mol. The van der Waals surface area contributed by atoms with E-state index in [1.54, 1.807) is 12.1 Å². The molecule has 0 radical (unpaired) electrons. The predicted molar refractivity (Wildman–Crippen MR) is 75.2 cm³/mol. The summed E-state index contributed by atoms with van der Waals surface area (Å²) < 4.78 is 4.71. The van der Waals surface area contributed by atoms with Gasteiger partial charge in [0.25, 0.3) is 0 Å². The number of aryl methyl sites for hydroxylation is 1. The van der Waals surface area contributed by atoms with E-state index >= 15 is 0 Å². The minimum absolute atomic E-state index is 0.288. The van der Waals surface area contributed by atoms with E-state index in [9.17, 15) is 4.79 Å². The summed E-state index contributed by atoms with van der Waals surface area (Å²) >= 11 is 0. The maximum absolute atomic E-state index is 11.5. The molecule has 0 fully saturated rings. The van der Waals surface area contributed by atoms with E-state index in [1.165, 1.54) is 7.11 Å². The number of hydrogen-bond acceptors (Lipinski definition) is 3. The van der Waals surface area contributed by atoms with Gasteiger partial charge in [-0.15, -0.1) is 0 Å². The summed E-state index contributed by atoms with van der Waals surface area (Å²) in [7, 11) is 1.38. The number of imidazole rings is 1. The standard InChI is InChI=1S/C15H20N2O2/c1-15(2,3)8-7-13-16-11-6-5-10(14(18)19-4)9-12(11)17-13/h5-6,9H,7-8H2,1-4H3,(H,16,17). The van der Waals surface area contributed by atoms with Gasteiger partial charge in [0, 0.05) is 6.42 Å². The highest BCUT2D eigenvalue weighted by atomic mass is 16.5. The average molecular weight is 260 g/mol. The minimum Gasteiger partial charge on any atom is -0.465 e. The Bertz CT molecular complexity index is 594. The van der Waals surface area contributed by atoms with Crippen molar-refractivity contribution in [2.45, 2.75) is 33.6 Å². The average Bonchev–Trinajstić information content (AvgIpc) is 2.76. The van der Waals surface area contributed by atoms with Crippen molar-refractivity contribution in [2.24, 2.45) is 5.41 Å². The lowest BCUT2D eigenvalue weighted by atomic mass is 9.90. The van der Waals surface area contributed by atoms with Gasteiger partial charge in [-0.05, 0) is 30.0 Å². The molecule has 0 spiro atoms. The first kappa shape index (κ1) is 13.6. The zero-order valence-corrected chi connectivity index (χ0v) is 11.9. The first-order valence-corrected chi connectivity index (χ1v) is 6.46. The highest BCUT2D eigenvalue weighted by Crippen LogP contribution is 2.22. The van der Waals surface area contributed by atoms with Crippen LogP contribution in [0, 0.1) is 5.41 Å². The molecule has 19 heavy (non-hydrogen) atoms. The first-order chi connectivity index (χ1) is 8.89. The molecule has 102 valence electrons. The summed E-state index contributed by atoms with van der Waals surface area (Å²) in [5, 5.41) is 0. The van der Waals surface area contributed by atoms with Crippen molar-refractivity contribution >= 4 is 17.0 Å². The molecule has 0 saturated carbocycles. The number of aromatic nitrogens is 2. The molecule has 0 amide bonds. The number of nitrogens with zero attached hydrogens (tertiary/aromatic N) is 1. The van der Waals surface area contributed by atoms with Crippen LogP contribution in [0.2, 0.25) is 0 Å². The van der Waals surface area contributed by atoms with Gasteiger partial charge in [-0.1, -0.05) is 20.8 Å². The van der Waals surface area contributed by atoms with Crippen molar-refractivity contribution in [2.75, 3.05) is 7.11 Å². The Kier molecular flexibility index (Phi) is 3.60. The van der Waals surface area contributed by atoms with E-state index < -0.39 is 0 Å². The van der Waals surface area contributed by atoms with Gasteiger partial charge in [0.05, 0.1) is 23.7 Å². The second kappa shape index (κ2) is 5.03. The van der Waals surface area contributed by atoms with Crippen LogP contribution in [0.5, 0.6) is 0 Å². The van der Waals surface area contributed by atoms with Crippen molar-refractivity contribution in [3.8, 4) is 0 Å². The number of hydrogen-bond donors (Lipinski definition) is 1. The number of methoxy groups -OCH3 is 1. The molecule has 2 aromatic rings. The van der Waals surface area contributed by atoms with Gasteiger partial charge in [-0.25, -0.2) is 9.78 Å². The fraction of sp³-hybridized carbons (Fsp3) is 0.467.